The van der Waals surface area contributed by atoms with Crippen molar-refractivity contribution in [3.05, 3.63) is 48.5 Å². The van der Waals surface area contributed by atoms with Crippen molar-refractivity contribution in [1.82, 2.24) is 29.9 Å². The Kier molecular flexibility index (Phi) is 5.08. The molecule has 0 spiro atoms. The van der Waals surface area contributed by atoms with Crippen LogP contribution in [0.25, 0.3) is 11.4 Å². The van der Waals surface area contributed by atoms with Gasteiger partial charge in [0, 0.05) is 38.1 Å². The summed E-state index contributed by atoms with van der Waals surface area (Å²) >= 11 is 0. The van der Waals surface area contributed by atoms with Crippen LogP contribution in [0.1, 0.15) is 12.0 Å². The third-order valence-electron chi connectivity index (χ3n) is 3.66. The van der Waals surface area contributed by atoms with E-state index in [1.807, 2.05) is 50.8 Å². The molecule has 8 heteroatoms. The minimum atomic E-state index is -0.225. The van der Waals surface area contributed by atoms with Crippen LogP contribution in [0.5, 0.6) is 0 Å². The van der Waals surface area contributed by atoms with Gasteiger partial charge in [-0.05, 0) is 30.5 Å². The van der Waals surface area contributed by atoms with Crippen LogP contribution in [-0.4, -0.2) is 37.1 Å². The van der Waals surface area contributed by atoms with Crippen LogP contribution in [0.2, 0.25) is 0 Å². The second kappa shape index (κ2) is 7.61. The lowest BCUT2D eigenvalue weighted by Gasteiger charge is -2.08. The van der Waals surface area contributed by atoms with Crippen molar-refractivity contribution in [2.24, 2.45) is 14.1 Å². The highest BCUT2D eigenvalue weighted by Crippen LogP contribution is 2.18. The summed E-state index contributed by atoms with van der Waals surface area (Å²) in [6, 6.07) is 7.24. The van der Waals surface area contributed by atoms with Crippen molar-refractivity contribution in [2.75, 3.05) is 11.9 Å². The van der Waals surface area contributed by atoms with E-state index in [9.17, 15) is 4.79 Å². The number of nitrogens with one attached hydrogen (secondary N) is 2. The maximum atomic E-state index is 12.0. The number of rotatable bonds is 6. The molecule has 25 heavy (non-hydrogen) atoms. The zero-order chi connectivity index (χ0) is 17.6. The standard InChI is InChI=1S/C17H21N7O/c1-23-11-13(10-20-23)5-4-8-18-17(25)21-15-7-3-6-14(9-15)16-19-12-24(2)22-16/h3,6-7,9-12H,4-5,8H2,1-2H3,(H2,18,21,25). The van der Waals surface area contributed by atoms with Crippen LogP contribution in [0.3, 0.4) is 0 Å². The fourth-order valence-electron chi connectivity index (χ4n) is 2.48. The van der Waals surface area contributed by atoms with Gasteiger partial charge in [-0.1, -0.05) is 12.1 Å². The Morgan fingerprint density at radius 3 is 2.84 bits per heavy atom. The first-order valence-electron chi connectivity index (χ1n) is 8.08. The fourth-order valence-corrected chi connectivity index (χ4v) is 2.48. The molecule has 2 aromatic heterocycles. The van der Waals surface area contributed by atoms with E-state index in [0.29, 0.717) is 18.1 Å². The molecule has 3 rings (SSSR count). The summed E-state index contributed by atoms with van der Waals surface area (Å²) in [5, 5.41) is 14.1. The Bertz CT molecular complexity index is 852. The summed E-state index contributed by atoms with van der Waals surface area (Å²) < 4.78 is 3.42. The highest BCUT2D eigenvalue weighted by molar-refractivity contribution is 5.89. The lowest BCUT2D eigenvalue weighted by Crippen LogP contribution is -2.29. The van der Waals surface area contributed by atoms with Gasteiger partial charge in [-0.3, -0.25) is 9.36 Å². The smallest absolute Gasteiger partial charge is 0.319 e. The molecule has 3 aromatic rings. The van der Waals surface area contributed by atoms with Crippen molar-refractivity contribution in [1.29, 1.82) is 0 Å². The van der Waals surface area contributed by atoms with Gasteiger partial charge in [0.15, 0.2) is 5.82 Å². The Hall–Kier alpha value is -3.16. The van der Waals surface area contributed by atoms with E-state index >= 15 is 0 Å². The summed E-state index contributed by atoms with van der Waals surface area (Å²) in [7, 11) is 3.71. The molecule has 0 aliphatic carbocycles. The maximum absolute atomic E-state index is 12.0. The minimum absolute atomic E-state index is 0.225. The highest BCUT2D eigenvalue weighted by atomic mass is 16.2. The molecular weight excluding hydrogens is 318 g/mol. The molecule has 2 amide bonds. The van der Waals surface area contributed by atoms with E-state index < -0.39 is 0 Å². The normalized spacial score (nSPS) is 10.6. The van der Waals surface area contributed by atoms with Gasteiger partial charge in [0.25, 0.3) is 0 Å². The number of anilines is 1. The molecule has 0 aliphatic rings. The Balaban J connectivity index is 1.47. The van der Waals surface area contributed by atoms with Gasteiger partial charge >= 0.3 is 6.03 Å². The number of hydrogen-bond donors (Lipinski definition) is 2. The highest BCUT2D eigenvalue weighted by Gasteiger charge is 2.06. The van der Waals surface area contributed by atoms with E-state index in [4.69, 9.17) is 0 Å². The molecular formula is C17H21N7O. The summed E-state index contributed by atoms with van der Waals surface area (Å²) in [5.41, 5.74) is 2.73. The van der Waals surface area contributed by atoms with E-state index in [0.717, 1.165) is 18.4 Å². The molecule has 130 valence electrons. The first-order chi connectivity index (χ1) is 12.1. The number of carbonyl (C=O) groups excluding carboxylic acids is 1. The Morgan fingerprint density at radius 2 is 2.12 bits per heavy atom. The molecule has 8 nitrogen and oxygen atoms in total. The zero-order valence-corrected chi connectivity index (χ0v) is 14.3. The topological polar surface area (TPSA) is 89.7 Å². The van der Waals surface area contributed by atoms with Gasteiger partial charge < -0.3 is 10.6 Å². The average molecular weight is 339 g/mol. The SMILES string of the molecule is Cn1cc(CCCNC(=O)Nc2cccc(-c3ncn(C)n3)c2)cn1. The number of aryl methyl sites for hydroxylation is 3. The molecule has 0 unspecified atom stereocenters. The van der Waals surface area contributed by atoms with Crippen LogP contribution in [0, 0.1) is 0 Å². The predicted molar refractivity (Wildman–Crippen MR) is 95.0 cm³/mol. The van der Waals surface area contributed by atoms with Crippen molar-refractivity contribution in [3.8, 4) is 11.4 Å². The second-order valence-corrected chi connectivity index (χ2v) is 5.83. The first-order valence-corrected chi connectivity index (χ1v) is 8.08. The largest absolute Gasteiger partial charge is 0.338 e. The summed E-state index contributed by atoms with van der Waals surface area (Å²) in [6.07, 6.45) is 7.21. The molecule has 1 aromatic carbocycles. The van der Waals surface area contributed by atoms with E-state index in [2.05, 4.69) is 25.8 Å². The molecule has 2 heterocycles. The lowest BCUT2D eigenvalue weighted by atomic mass is 10.2. The number of aromatic nitrogens is 5. The van der Waals surface area contributed by atoms with Gasteiger partial charge in [-0.25, -0.2) is 9.78 Å². The maximum Gasteiger partial charge on any atom is 0.319 e. The van der Waals surface area contributed by atoms with Crippen LogP contribution < -0.4 is 10.6 Å². The molecule has 0 saturated carbocycles. The molecule has 0 radical (unpaired) electrons. The molecule has 0 bridgehead atoms. The third-order valence-corrected chi connectivity index (χ3v) is 3.66. The van der Waals surface area contributed by atoms with Crippen molar-refractivity contribution in [3.63, 3.8) is 0 Å². The number of amides is 2. The molecule has 0 saturated heterocycles. The average Bonchev–Trinajstić information content (AvgIpc) is 3.20. The van der Waals surface area contributed by atoms with Crippen LogP contribution in [-0.2, 0) is 20.5 Å². The molecule has 0 fully saturated rings. The van der Waals surface area contributed by atoms with Gasteiger partial charge in [0.05, 0.1) is 6.20 Å². The summed E-state index contributed by atoms with van der Waals surface area (Å²) in [5.74, 6) is 0.628. The van der Waals surface area contributed by atoms with Crippen LogP contribution in [0.15, 0.2) is 43.0 Å². The third kappa shape index (κ3) is 4.66. The van der Waals surface area contributed by atoms with Crippen LogP contribution in [0.4, 0.5) is 10.5 Å². The molecule has 0 aliphatic heterocycles. The molecule has 0 atom stereocenters. The predicted octanol–water partition coefficient (Wildman–Crippen LogP) is 1.97. The number of benzene rings is 1. The zero-order valence-electron chi connectivity index (χ0n) is 14.3. The first kappa shape index (κ1) is 16.7. The fraction of sp³-hybridized carbons (Fsp3) is 0.294. The Morgan fingerprint density at radius 1 is 1.24 bits per heavy atom. The number of nitrogens with zero attached hydrogens (tertiary/aromatic N) is 5. The molecule has 2 N–H and O–H groups in total. The van der Waals surface area contributed by atoms with Gasteiger partial charge in [-0.2, -0.15) is 10.2 Å². The van der Waals surface area contributed by atoms with Crippen LogP contribution >= 0.6 is 0 Å². The van der Waals surface area contributed by atoms with E-state index in [-0.39, 0.29) is 6.03 Å². The van der Waals surface area contributed by atoms with Crippen molar-refractivity contribution >= 4 is 11.7 Å². The number of urea groups is 1. The van der Waals surface area contributed by atoms with E-state index in [1.165, 1.54) is 5.56 Å². The summed E-state index contributed by atoms with van der Waals surface area (Å²) in [6.45, 7) is 0.599. The number of hydrogen-bond acceptors (Lipinski definition) is 4. The van der Waals surface area contributed by atoms with E-state index in [1.54, 1.807) is 15.7 Å². The van der Waals surface area contributed by atoms with Gasteiger partial charge in [0.2, 0.25) is 0 Å². The van der Waals surface area contributed by atoms with Gasteiger partial charge in [0.1, 0.15) is 6.33 Å². The van der Waals surface area contributed by atoms with Crippen molar-refractivity contribution < 1.29 is 4.79 Å². The number of carbonyl (C=O) groups is 1. The monoisotopic (exact) mass is 339 g/mol. The quantitative estimate of drug-likeness (QED) is 0.672. The lowest BCUT2D eigenvalue weighted by molar-refractivity contribution is 0.252. The Labute approximate surface area is 145 Å². The minimum Gasteiger partial charge on any atom is -0.338 e. The second-order valence-electron chi connectivity index (χ2n) is 5.83. The van der Waals surface area contributed by atoms with Crippen molar-refractivity contribution in [2.45, 2.75) is 12.8 Å². The summed E-state index contributed by atoms with van der Waals surface area (Å²) in [4.78, 5) is 16.2. The van der Waals surface area contributed by atoms with Gasteiger partial charge in [-0.15, -0.1) is 0 Å².